The Labute approximate surface area is 202 Å². The third-order valence-electron chi connectivity index (χ3n) is 8.97. The highest BCUT2D eigenvalue weighted by Crippen LogP contribution is 2.71. The zero-order valence-electron chi connectivity index (χ0n) is 20.3. The van der Waals surface area contributed by atoms with Crippen LogP contribution in [0.5, 0.6) is 0 Å². The quantitative estimate of drug-likeness (QED) is 0.535. The highest BCUT2D eigenvalue weighted by Gasteiger charge is 2.75. The molecule has 5 aliphatic rings. The summed E-state index contributed by atoms with van der Waals surface area (Å²) in [7, 11) is 0. The molecule has 1 aromatic rings. The Bertz CT molecular complexity index is 1030. The molecule has 1 aromatic carbocycles. The average molecular weight is 470 g/mol. The van der Waals surface area contributed by atoms with Gasteiger partial charge in [0.1, 0.15) is 0 Å². The molecule has 178 valence electrons. The largest absolute Gasteiger partial charge is 0.481 e. The van der Waals surface area contributed by atoms with Crippen LogP contribution in [-0.2, 0) is 21.4 Å². The van der Waals surface area contributed by atoms with Gasteiger partial charge in [-0.05, 0) is 85.5 Å². The van der Waals surface area contributed by atoms with Crippen molar-refractivity contribution in [3.05, 3.63) is 46.1 Å². The zero-order chi connectivity index (χ0) is 23.8. The van der Waals surface area contributed by atoms with Crippen molar-refractivity contribution in [2.24, 2.45) is 16.7 Å². The third-order valence-corrected chi connectivity index (χ3v) is 9.32. The number of hydrogen-bond acceptors (Lipinski definition) is 2. The lowest BCUT2D eigenvalue weighted by Crippen LogP contribution is -2.77. The summed E-state index contributed by atoms with van der Waals surface area (Å²) < 4.78 is 0. The fourth-order valence-corrected chi connectivity index (χ4v) is 7.16. The number of rotatable bonds is 5. The molecular weight excluding hydrogens is 434 g/mol. The summed E-state index contributed by atoms with van der Waals surface area (Å²) in [5.41, 5.74) is 2.81. The van der Waals surface area contributed by atoms with Crippen molar-refractivity contribution in [1.29, 1.82) is 0 Å². The van der Waals surface area contributed by atoms with Gasteiger partial charge in [-0.25, -0.2) is 0 Å². The number of hydrogen-bond donors (Lipinski definition) is 1. The molecule has 1 unspecified atom stereocenters. The number of carboxylic acids is 1. The van der Waals surface area contributed by atoms with Crippen molar-refractivity contribution in [3.8, 4) is 0 Å². The summed E-state index contributed by atoms with van der Waals surface area (Å²) in [5.74, 6) is 0.0163. The van der Waals surface area contributed by atoms with Crippen molar-refractivity contribution in [2.75, 3.05) is 0 Å². The lowest BCUT2D eigenvalue weighted by Gasteiger charge is -2.71. The van der Waals surface area contributed by atoms with Gasteiger partial charge in [0.2, 0.25) is 5.91 Å². The maximum absolute atomic E-state index is 13.5. The number of fused-ring (bicyclic) bond motifs is 1. The standard InChI is InChI=1S/C28H36ClNO3/c1-18-7-10-28(20-6-5-19(22(29)12-20)8-9-25(2,3)4)13-23(31)30(14-21(28)11-18)27-15-26(16-27,17-27)24(32)33/h5-6,12,14,18H,7-11,13,15-17H2,1-4H3,(H,32,33)/t18?,26?,27?,28-/m1/s1. The minimum absolute atomic E-state index is 0.139. The van der Waals surface area contributed by atoms with Crippen LogP contribution >= 0.6 is 11.6 Å². The molecular formula is C28H36ClNO3. The van der Waals surface area contributed by atoms with Gasteiger partial charge in [0.05, 0.1) is 11.0 Å². The summed E-state index contributed by atoms with van der Waals surface area (Å²) in [6.45, 7) is 9.03. The van der Waals surface area contributed by atoms with Crippen LogP contribution in [0.15, 0.2) is 30.0 Å². The van der Waals surface area contributed by atoms with Crippen molar-refractivity contribution in [1.82, 2.24) is 4.90 Å². The number of carbonyl (C=O) groups excluding carboxylic acids is 1. The highest BCUT2D eigenvalue weighted by molar-refractivity contribution is 6.31. The molecule has 0 radical (unpaired) electrons. The smallest absolute Gasteiger partial charge is 0.309 e. The zero-order valence-corrected chi connectivity index (χ0v) is 21.1. The van der Waals surface area contributed by atoms with Gasteiger partial charge >= 0.3 is 5.97 Å². The van der Waals surface area contributed by atoms with E-state index in [0.29, 0.717) is 31.6 Å². The molecule has 4 fully saturated rings. The van der Waals surface area contributed by atoms with E-state index in [1.165, 1.54) is 11.1 Å². The van der Waals surface area contributed by atoms with Gasteiger partial charge in [-0.15, -0.1) is 0 Å². The first-order valence-electron chi connectivity index (χ1n) is 12.4. The lowest BCUT2D eigenvalue weighted by atomic mass is 9.38. The Balaban J connectivity index is 1.45. The fourth-order valence-electron chi connectivity index (χ4n) is 6.88. The molecule has 4 saturated carbocycles. The topological polar surface area (TPSA) is 57.6 Å². The first-order valence-corrected chi connectivity index (χ1v) is 12.8. The second-order valence-corrected chi connectivity index (χ2v) is 13.1. The molecule has 4 aliphatic carbocycles. The molecule has 1 heterocycles. The maximum atomic E-state index is 13.5. The second kappa shape index (κ2) is 7.34. The van der Waals surface area contributed by atoms with Gasteiger partial charge in [-0.1, -0.05) is 51.4 Å². The van der Waals surface area contributed by atoms with E-state index in [1.807, 2.05) is 4.90 Å². The molecule has 1 amide bonds. The molecule has 0 saturated heterocycles. The number of aryl methyl sites for hydroxylation is 1. The first-order chi connectivity index (χ1) is 15.4. The van der Waals surface area contributed by atoms with Gasteiger partial charge in [0.15, 0.2) is 0 Å². The van der Waals surface area contributed by atoms with Crippen molar-refractivity contribution >= 4 is 23.5 Å². The van der Waals surface area contributed by atoms with E-state index in [2.05, 4.69) is 52.1 Å². The summed E-state index contributed by atoms with van der Waals surface area (Å²) >= 11 is 6.78. The molecule has 0 spiro atoms. The average Bonchev–Trinajstić information content (AvgIpc) is 2.64. The van der Waals surface area contributed by atoms with Crippen LogP contribution in [-0.4, -0.2) is 27.4 Å². The molecule has 33 heavy (non-hydrogen) atoms. The van der Waals surface area contributed by atoms with Crippen LogP contribution in [0.2, 0.25) is 5.02 Å². The van der Waals surface area contributed by atoms with E-state index in [4.69, 9.17) is 11.6 Å². The number of carboxylic acid groups (broad SMARTS) is 1. The molecule has 4 nitrogen and oxygen atoms in total. The Morgan fingerprint density at radius 3 is 2.55 bits per heavy atom. The van der Waals surface area contributed by atoms with Crippen molar-refractivity contribution < 1.29 is 14.7 Å². The van der Waals surface area contributed by atoms with Crippen LogP contribution in [0, 0.1) is 16.7 Å². The third kappa shape index (κ3) is 3.55. The van der Waals surface area contributed by atoms with Crippen molar-refractivity contribution in [2.45, 2.75) is 96.4 Å². The molecule has 2 bridgehead atoms. The predicted octanol–water partition coefficient (Wildman–Crippen LogP) is 6.50. The number of benzene rings is 1. The molecule has 1 aliphatic heterocycles. The first kappa shape index (κ1) is 23.0. The molecule has 5 heteroatoms. The van der Waals surface area contributed by atoms with Crippen LogP contribution in [0.1, 0.15) is 90.2 Å². The number of carbonyl (C=O) groups is 2. The molecule has 0 aromatic heterocycles. The lowest BCUT2D eigenvalue weighted by molar-refractivity contribution is -0.224. The number of halogens is 1. The second-order valence-electron chi connectivity index (χ2n) is 12.7. The van der Waals surface area contributed by atoms with Crippen molar-refractivity contribution in [3.63, 3.8) is 0 Å². The molecule has 2 atom stereocenters. The van der Waals surface area contributed by atoms with Gasteiger partial charge in [-0.3, -0.25) is 9.59 Å². The summed E-state index contributed by atoms with van der Waals surface area (Å²) in [4.78, 5) is 27.0. The Kier molecular flexibility index (Phi) is 5.11. The Morgan fingerprint density at radius 1 is 1.24 bits per heavy atom. The number of allylic oxidation sites excluding steroid dienone is 1. The minimum Gasteiger partial charge on any atom is -0.481 e. The van der Waals surface area contributed by atoms with E-state index in [1.54, 1.807) is 0 Å². The SMILES string of the molecule is CC1CC[C@]2(c3ccc(CCC(C)(C)C)c(Cl)c3)CC(=O)N(C34CC(C(=O)O)(C3)C4)C=C2C1. The number of aliphatic carboxylic acids is 1. The Morgan fingerprint density at radius 2 is 1.94 bits per heavy atom. The van der Waals surface area contributed by atoms with E-state index < -0.39 is 11.4 Å². The summed E-state index contributed by atoms with van der Waals surface area (Å²) in [5, 5.41) is 10.3. The number of nitrogens with zero attached hydrogens (tertiary/aromatic N) is 1. The normalized spacial score (nSPS) is 35.3. The van der Waals surface area contributed by atoms with Crippen LogP contribution in [0.3, 0.4) is 0 Å². The number of amides is 1. The van der Waals surface area contributed by atoms with Crippen LogP contribution < -0.4 is 0 Å². The fraction of sp³-hybridized carbons (Fsp3) is 0.643. The van der Waals surface area contributed by atoms with E-state index >= 15 is 0 Å². The predicted molar refractivity (Wildman–Crippen MR) is 130 cm³/mol. The van der Waals surface area contributed by atoms with E-state index in [9.17, 15) is 14.7 Å². The van der Waals surface area contributed by atoms with E-state index in [-0.39, 0.29) is 22.3 Å². The summed E-state index contributed by atoms with van der Waals surface area (Å²) in [6.07, 6.45) is 9.45. The Hall–Kier alpha value is -1.81. The monoisotopic (exact) mass is 469 g/mol. The van der Waals surface area contributed by atoms with Gasteiger partial charge < -0.3 is 10.0 Å². The van der Waals surface area contributed by atoms with Crippen LogP contribution in [0.4, 0.5) is 0 Å². The van der Waals surface area contributed by atoms with Gasteiger partial charge in [-0.2, -0.15) is 0 Å². The minimum atomic E-state index is -0.705. The van der Waals surface area contributed by atoms with Gasteiger partial charge in [0.25, 0.3) is 0 Å². The van der Waals surface area contributed by atoms with Crippen LogP contribution in [0.25, 0.3) is 0 Å². The van der Waals surface area contributed by atoms with E-state index in [0.717, 1.165) is 42.7 Å². The maximum Gasteiger partial charge on any atom is 0.309 e. The molecule has 1 N–H and O–H groups in total. The van der Waals surface area contributed by atoms with Gasteiger partial charge in [0, 0.05) is 23.1 Å². The molecule has 6 rings (SSSR count). The summed E-state index contributed by atoms with van der Waals surface area (Å²) in [6, 6.07) is 6.49. The highest BCUT2D eigenvalue weighted by atomic mass is 35.5.